The molecule has 0 spiro atoms. The molecule has 1 heteroatoms. The summed E-state index contributed by atoms with van der Waals surface area (Å²) in [5.41, 5.74) is 2.91. The summed E-state index contributed by atoms with van der Waals surface area (Å²) in [6.45, 7) is 7.66. The van der Waals surface area contributed by atoms with Crippen molar-refractivity contribution in [1.29, 1.82) is 0 Å². The summed E-state index contributed by atoms with van der Waals surface area (Å²) in [7, 11) is 0. The van der Waals surface area contributed by atoms with Crippen LogP contribution in [0.15, 0.2) is 49.6 Å². The van der Waals surface area contributed by atoms with Gasteiger partial charge in [-0.2, -0.15) is 0 Å². The van der Waals surface area contributed by atoms with Gasteiger partial charge in [-0.25, -0.2) is 0 Å². The summed E-state index contributed by atoms with van der Waals surface area (Å²) in [6.07, 6.45) is 7.11. The molecule has 0 aromatic heterocycles. The third kappa shape index (κ3) is 2.25. The Morgan fingerprint density at radius 2 is 1.94 bits per heavy atom. The molecule has 0 saturated heterocycles. The highest BCUT2D eigenvalue weighted by Gasteiger charge is 2.23. The van der Waals surface area contributed by atoms with Crippen molar-refractivity contribution in [2.24, 2.45) is 0 Å². The lowest BCUT2D eigenvalue weighted by Crippen LogP contribution is -2.38. The molecular weight excluding hydrogens is 194 g/mol. The molecule has 84 valence electrons. The van der Waals surface area contributed by atoms with Gasteiger partial charge in [0, 0.05) is 12.1 Å². The van der Waals surface area contributed by atoms with Crippen LogP contribution in [0.5, 0.6) is 0 Å². The number of hydrogen-bond acceptors (Lipinski definition) is 1. The summed E-state index contributed by atoms with van der Waals surface area (Å²) >= 11 is 0. The number of nitrogens with one attached hydrogen (secondary N) is 1. The first-order valence-electron chi connectivity index (χ1n) is 5.90. The van der Waals surface area contributed by atoms with Gasteiger partial charge in [0.1, 0.15) is 0 Å². The van der Waals surface area contributed by atoms with E-state index in [2.05, 4.69) is 42.7 Å². The van der Waals surface area contributed by atoms with E-state index in [1.807, 2.05) is 12.2 Å². The largest absolute Gasteiger partial charge is 0.306 e. The zero-order valence-corrected chi connectivity index (χ0v) is 9.65. The third-order valence-electron chi connectivity index (χ3n) is 3.19. The summed E-state index contributed by atoms with van der Waals surface area (Å²) < 4.78 is 0. The van der Waals surface area contributed by atoms with Crippen LogP contribution in [0.1, 0.15) is 30.0 Å². The third-order valence-corrected chi connectivity index (χ3v) is 3.19. The average Bonchev–Trinajstić information content (AvgIpc) is 2.30. The molecule has 1 heterocycles. The van der Waals surface area contributed by atoms with Crippen LogP contribution in [0.3, 0.4) is 0 Å². The Kier molecular flexibility index (Phi) is 3.58. The lowest BCUT2D eigenvalue weighted by molar-refractivity contribution is 0.406. The Hall–Kier alpha value is -1.34. The lowest BCUT2D eigenvalue weighted by Gasteiger charge is -2.32. The number of fused-ring (bicyclic) bond motifs is 1. The molecule has 2 unspecified atom stereocenters. The van der Waals surface area contributed by atoms with E-state index in [4.69, 9.17) is 0 Å². The van der Waals surface area contributed by atoms with E-state index >= 15 is 0 Å². The molecule has 0 fully saturated rings. The smallest absolute Gasteiger partial charge is 0.0360 e. The molecular formula is C15H19N. The molecule has 1 aromatic carbocycles. The van der Waals surface area contributed by atoms with Crippen molar-refractivity contribution in [2.75, 3.05) is 0 Å². The summed E-state index contributed by atoms with van der Waals surface area (Å²) in [4.78, 5) is 0. The van der Waals surface area contributed by atoms with Gasteiger partial charge in [-0.05, 0) is 30.4 Å². The number of hydrogen-bond donors (Lipinski definition) is 1. The monoisotopic (exact) mass is 213 g/mol. The second-order valence-corrected chi connectivity index (χ2v) is 4.37. The SMILES string of the molecule is C=CCC1Cc2ccccc2C(CC=C)N1. The van der Waals surface area contributed by atoms with Gasteiger partial charge in [-0.15, -0.1) is 13.2 Å². The van der Waals surface area contributed by atoms with Crippen LogP contribution < -0.4 is 5.32 Å². The van der Waals surface area contributed by atoms with Gasteiger partial charge < -0.3 is 5.32 Å². The minimum absolute atomic E-state index is 0.424. The molecule has 0 amide bonds. The topological polar surface area (TPSA) is 12.0 Å². The molecule has 0 bridgehead atoms. The van der Waals surface area contributed by atoms with Crippen LogP contribution in [-0.4, -0.2) is 6.04 Å². The zero-order valence-electron chi connectivity index (χ0n) is 9.65. The highest BCUT2D eigenvalue weighted by atomic mass is 15.0. The molecule has 1 aromatic rings. The van der Waals surface area contributed by atoms with Crippen LogP contribution in [0, 0.1) is 0 Å². The first kappa shape index (κ1) is 11.2. The van der Waals surface area contributed by atoms with E-state index in [1.54, 1.807) is 0 Å². The van der Waals surface area contributed by atoms with E-state index in [0.717, 1.165) is 19.3 Å². The van der Waals surface area contributed by atoms with Gasteiger partial charge in [-0.3, -0.25) is 0 Å². The summed E-state index contributed by atoms with van der Waals surface area (Å²) in [6, 6.07) is 9.65. The minimum atomic E-state index is 0.424. The fourth-order valence-corrected chi connectivity index (χ4v) is 2.47. The van der Waals surface area contributed by atoms with Crippen molar-refractivity contribution in [3.05, 3.63) is 60.7 Å². The maximum atomic E-state index is 3.84. The van der Waals surface area contributed by atoms with Crippen molar-refractivity contribution in [3.63, 3.8) is 0 Å². The van der Waals surface area contributed by atoms with Crippen LogP contribution >= 0.6 is 0 Å². The zero-order chi connectivity index (χ0) is 11.4. The molecule has 0 saturated carbocycles. The average molecular weight is 213 g/mol. The molecule has 2 rings (SSSR count). The maximum absolute atomic E-state index is 3.84. The van der Waals surface area contributed by atoms with E-state index < -0.39 is 0 Å². The fourth-order valence-electron chi connectivity index (χ4n) is 2.47. The van der Waals surface area contributed by atoms with E-state index in [1.165, 1.54) is 11.1 Å². The van der Waals surface area contributed by atoms with Gasteiger partial charge in [-0.1, -0.05) is 36.4 Å². The first-order valence-corrected chi connectivity index (χ1v) is 5.90. The van der Waals surface area contributed by atoms with Crippen LogP contribution in [0.25, 0.3) is 0 Å². The molecule has 1 nitrogen and oxygen atoms in total. The van der Waals surface area contributed by atoms with Crippen LogP contribution in [0.2, 0.25) is 0 Å². The summed E-state index contributed by atoms with van der Waals surface area (Å²) in [5, 5.41) is 3.67. The molecule has 0 radical (unpaired) electrons. The second kappa shape index (κ2) is 5.13. The van der Waals surface area contributed by atoms with Gasteiger partial charge in [0.2, 0.25) is 0 Å². The highest BCUT2D eigenvalue weighted by Crippen LogP contribution is 2.28. The predicted octanol–water partition coefficient (Wildman–Crippen LogP) is 3.39. The Bertz CT molecular complexity index is 381. The quantitative estimate of drug-likeness (QED) is 0.756. The second-order valence-electron chi connectivity index (χ2n) is 4.37. The van der Waals surface area contributed by atoms with Crippen molar-refractivity contribution in [3.8, 4) is 0 Å². The van der Waals surface area contributed by atoms with Gasteiger partial charge in [0.15, 0.2) is 0 Å². The van der Waals surface area contributed by atoms with Crippen molar-refractivity contribution >= 4 is 0 Å². The minimum Gasteiger partial charge on any atom is -0.306 e. The molecule has 1 aliphatic heterocycles. The van der Waals surface area contributed by atoms with Crippen molar-refractivity contribution < 1.29 is 0 Å². The lowest BCUT2D eigenvalue weighted by atomic mass is 9.88. The first-order chi connectivity index (χ1) is 7.85. The number of rotatable bonds is 4. The molecule has 1 N–H and O–H groups in total. The normalized spacial score (nSPS) is 23.5. The van der Waals surface area contributed by atoms with E-state index in [0.29, 0.717) is 12.1 Å². The van der Waals surface area contributed by atoms with Crippen LogP contribution in [0.4, 0.5) is 0 Å². The maximum Gasteiger partial charge on any atom is 0.0360 e. The van der Waals surface area contributed by atoms with E-state index in [-0.39, 0.29) is 0 Å². The molecule has 0 aliphatic carbocycles. The molecule has 2 atom stereocenters. The Labute approximate surface area is 97.9 Å². The van der Waals surface area contributed by atoms with Gasteiger partial charge >= 0.3 is 0 Å². The predicted molar refractivity (Wildman–Crippen MR) is 69.4 cm³/mol. The van der Waals surface area contributed by atoms with Crippen molar-refractivity contribution in [2.45, 2.75) is 31.3 Å². The highest BCUT2D eigenvalue weighted by molar-refractivity contribution is 5.33. The Morgan fingerprint density at radius 3 is 2.69 bits per heavy atom. The van der Waals surface area contributed by atoms with Crippen molar-refractivity contribution in [1.82, 2.24) is 5.32 Å². The van der Waals surface area contributed by atoms with Gasteiger partial charge in [0.05, 0.1) is 0 Å². The number of benzene rings is 1. The summed E-state index contributed by atoms with van der Waals surface area (Å²) in [5.74, 6) is 0. The standard InChI is InChI=1S/C15H19N/c1-3-7-13-11-12-9-5-6-10-14(12)15(16-13)8-4-2/h3-6,9-10,13,15-16H,1-2,7-8,11H2. The Balaban J connectivity index is 2.25. The fraction of sp³-hybridized carbons (Fsp3) is 0.333. The molecule has 16 heavy (non-hydrogen) atoms. The van der Waals surface area contributed by atoms with Gasteiger partial charge in [0.25, 0.3) is 0 Å². The molecule has 1 aliphatic rings. The van der Waals surface area contributed by atoms with Crippen LogP contribution in [-0.2, 0) is 6.42 Å². The Morgan fingerprint density at radius 1 is 1.19 bits per heavy atom. The van der Waals surface area contributed by atoms with E-state index in [9.17, 15) is 0 Å².